The number of nitrogens with two attached hydrogens (primary N) is 1. The molecule has 0 saturated heterocycles. The SMILES string of the molecule is Nc1ccc(Cl)cc1OCc1cccc(F)c1F. The maximum Gasteiger partial charge on any atom is 0.165 e. The predicted molar refractivity (Wildman–Crippen MR) is 66.6 cm³/mol. The van der Waals surface area contributed by atoms with Crippen molar-refractivity contribution in [3.05, 3.63) is 58.6 Å². The summed E-state index contributed by atoms with van der Waals surface area (Å²) >= 11 is 5.79. The molecule has 18 heavy (non-hydrogen) atoms. The molecule has 2 aromatic rings. The van der Waals surface area contributed by atoms with Crippen molar-refractivity contribution in [1.29, 1.82) is 0 Å². The van der Waals surface area contributed by atoms with E-state index in [0.717, 1.165) is 6.07 Å². The van der Waals surface area contributed by atoms with Crippen molar-refractivity contribution < 1.29 is 13.5 Å². The number of nitrogen functional groups attached to an aromatic ring is 1. The van der Waals surface area contributed by atoms with Gasteiger partial charge in [0.2, 0.25) is 0 Å². The first-order valence-electron chi connectivity index (χ1n) is 5.18. The highest BCUT2D eigenvalue weighted by Gasteiger charge is 2.09. The molecule has 2 rings (SSSR count). The minimum Gasteiger partial charge on any atom is -0.487 e. The smallest absolute Gasteiger partial charge is 0.165 e. The van der Waals surface area contributed by atoms with Gasteiger partial charge < -0.3 is 10.5 Å². The summed E-state index contributed by atoms with van der Waals surface area (Å²) in [6.45, 7) is -0.117. The highest BCUT2D eigenvalue weighted by molar-refractivity contribution is 6.30. The summed E-state index contributed by atoms with van der Waals surface area (Å²) in [7, 11) is 0. The van der Waals surface area contributed by atoms with Gasteiger partial charge in [-0.1, -0.05) is 23.7 Å². The molecular weight excluding hydrogens is 260 g/mol. The van der Waals surface area contributed by atoms with Gasteiger partial charge in [-0.2, -0.15) is 0 Å². The summed E-state index contributed by atoms with van der Waals surface area (Å²) in [6, 6.07) is 8.63. The zero-order chi connectivity index (χ0) is 13.1. The minimum atomic E-state index is -0.918. The summed E-state index contributed by atoms with van der Waals surface area (Å²) in [5, 5.41) is 0.457. The molecule has 5 heteroatoms. The quantitative estimate of drug-likeness (QED) is 0.861. The number of ether oxygens (including phenoxy) is 1. The largest absolute Gasteiger partial charge is 0.487 e. The second-order valence-corrected chi connectivity index (χ2v) is 4.12. The second kappa shape index (κ2) is 5.23. The maximum absolute atomic E-state index is 13.4. The number of hydrogen-bond donors (Lipinski definition) is 1. The Morgan fingerprint density at radius 3 is 2.72 bits per heavy atom. The van der Waals surface area contributed by atoms with E-state index in [1.165, 1.54) is 18.2 Å². The Morgan fingerprint density at radius 2 is 1.94 bits per heavy atom. The van der Waals surface area contributed by atoms with Gasteiger partial charge in [0.05, 0.1) is 5.69 Å². The Morgan fingerprint density at radius 1 is 1.17 bits per heavy atom. The zero-order valence-corrected chi connectivity index (χ0v) is 10.0. The maximum atomic E-state index is 13.4. The monoisotopic (exact) mass is 269 g/mol. The standard InChI is InChI=1S/C13H10ClF2NO/c14-9-4-5-11(17)12(6-9)18-7-8-2-1-3-10(15)13(8)16/h1-6H,7,17H2. The topological polar surface area (TPSA) is 35.2 Å². The lowest BCUT2D eigenvalue weighted by Crippen LogP contribution is -2.02. The number of halogens is 3. The van der Waals surface area contributed by atoms with Gasteiger partial charge in [0.1, 0.15) is 12.4 Å². The predicted octanol–water partition coefficient (Wildman–Crippen LogP) is 3.78. The van der Waals surface area contributed by atoms with Crippen molar-refractivity contribution in [3.8, 4) is 5.75 Å². The molecule has 0 radical (unpaired) electrons. The van der Waals surface area contributed by atoms with E-state index in [2.05, 4.69) is 0 Å². The number of rotatable bonds is 3. The van der Waals surface area contributed by atoms with E-state index in [1.807, 2.05) is 0 Å². The van der Waals surface area contributed by atoms with Crippen molar-refractivity contribution in [3.63, 3.8) is 0 Å². The van der Waals surface area contributed by atoms with Gasteiger partial charge in [0.25, 0.3) is 0 Å². The Balaban J connectivity index is 2.16. The van der Waals surface area contributed by atoms with Gasteiger partial charge in [-0.15, -0.1) is 0 Å². The molecule has 0 aromatic heterocycles. The Hall–Kier alpha value is -1.81. The summed E-state index contributed by atoms with van der Waals surface area (Å²) < 4.78 is 31.7. The molecule has 0 saturated carbocycles. The Bertz CT molecular complexity index is 573. The van der Waals surface area contributed by atoms with Crippen molar-refractivity contribution in [1.82, 2.24) is 0 Å². The van der Waals surface area contributed by atoms with Crippen molar-refractivity contribution in [2.75, 3.05) is 5.73 Å². The molecule has 0 aliphatic heterocycles. The van der Waals surface area contributed by atoms with Crippen LogP contribution in [0.3, 0.4) is 0 Å². The third-order valence-corrected chi connectivity index (χ3v) is 2.63. The lowest BCUT2D eigenvalue weighted by Gasteiger charge is -2.10. The molecule has 0 aliphatic rings. The van der Waals surface area contributed by atoms with Crippen LogP contribution in [-0.2, 0) is 6.61 Å². The van der Waals surface area contributed by atoms with E-state index >= 15 is 0 Å². The normalized spacial score (nSPS) is 10.4. The summed E-state index contributed by atoms with van der Waals surface area (Å²) in [5.41, 5.74) is 6.18. The molecule has 0 spiro atoms. The van der Waals surface area contributed by atoms with Crippen LogP contribution >= 0.6 is 11.6 Å². The van der Waals surface area contributed by atoms with Crippen LogP contribution in [0.1, 0.15) is 5.56 Å². The van der Waals surface area contributed by atoms with Crippen molar-refractivity contribution >= 4 is 17.3 Å². The molecule has 2 N–H and O–H groups in total. The van der Waals surface area contributed by atoms with E-state index in [0.29, 0.717) is 16.5 Å². The average molecular weight is 270 g/mol. The molecule has 0 bridgehead atoms. The molecule has 2 nitrogen and oxygen atoms in total. The Labute approximate surface area is 108 Å². The minimum absolute atomic E-state index is 0.117. The van der Waals surface area contributed by atoms with Gasteiger partial charge in [-0.05, 0) is 18.2 Å². The molecular formula is C13H10ClF2NO. The van der Waals surface area contributed by atoms with Crippen LogP contribution in [0.5, 0.6) is 5.75 Å². The molecule has 0 atom stereocenters. The van der Waals surface area contributed by atoms with Gasteiger partial charge in [-0.25, -0.2) is 8.78 Å². The molecule has 94 valence electrons. The van der Waals surface area contributed by atoms with Crippen LogP contribution in [0.15, 0.2) is 36.4 Å². The van der Waals surface area contributed by atoms with E-state index in [-0.39, 0.29) is 12.2 Å². The molecule has 2 aromatic carbocycles. The second-order valence-electron chi connectivity index (χ2n) is 3.68. The van der Waals surface area contributed by atoms with Crippen LogP contribution < -0.4 is 10.5 Å². The van der Waals surface area contributed by atoms with Crippen LogP contribution in [0.2, 0.25) is 5.02 Å². The first-order valence-corrected chi connectivity index (χ1v) is 5.56. The first kappa shape index (κ1) is 12.6. The molecule has 0 unspecified atom stereocenters. The first-order chi connectivity index (χ1) is 8.58. The third-order valence-electron chi connectivity index (χ3n) is 2.39. The summed E-state index contributed by atoms with van der Waals surface area (Å²) in [6.07, 6.45) is 0. The van der Waals surface area contributed by atoms with Crippen LogP contribution in [0, 0.1) is 11.6 Å². The van der Waals surface area contributed by atoms with Gasteiger partial charge in [0.15, 0.2) is 11.6 Å². The summed E-state index contributed by atoms with van der Waals surface area (Å²) in [5.74, 6) is -1.49. The molecule has 0 aliphatic carbocycles. The van der Waals surface area contributed by atoms with Gasteiger partial charge in [-0.3, -0.25) is 0 Å². The van der Waals surface area contributed by atoms with E-state index < -0.39 is 11.6 Å². The van der Waals surface area contributed by atoms with Crippen molar-refractivity contribution in [2.24, 2.45) is 0 Å². The lowest BCUT2D eigenvalue weighted by atomic mass is 10.2. The van der Waals surface area contributed by atoms with E-state index in [4.69, 9.17) is 22.1 Å². The molecule has 0 heterocycles. The number of hydrogen-bond acceptors (Lipinski definition) is 2. The molecule has 0 amide bonds. The number of anilines is 1. The van der Waals surface area contributed by atoms with Gasteiger partial charge in [0, 0.05) is 16.7 Å². The van der Waals surface area contributed by atoms with Gasteiger partial charge >= 0.3 is 0 Å². The van der Waals surface area contributed by atoms with Crippen LogP contribution in [0.4, 0.5) is 14.5 Å². The Kier molecular flexibility index (Phi) is 3.67. The third kappa shape index (κ3) is 2.71. The van der Waals surface area contributed by atoms with E-state index in [1.54, 1.807) is 12.1 Å². The highest BCUT2D eigenvalue weighted by Crippen LogP contribution is 2.26. The van der Waals surface area contributed by atoms with Crippen LogP contribution in [-0.4, -0.2) is 0 Å². The lowest BCUT2D eigenvalue weighted by molar-refractivity contribution is 0.299. The molecule has 0 fully saturated rings. The number of benzene rings is 2. The van der Waals surface area contributed by atoms with Crippen molar-refractivity contribution in [2.45, 2.75) is 6.61 Å². The zero-order valence-electron chi connectivity index (χ0n) is 9.29. The average Bonchev–Trinajstić information content (AvgIpc) is 2.35. The fraction of sp³-hybridized carbons (Fsp3) is 0.0769. The fourth-order valence-electron chi connectivity index (χ4n) is 1.45. The fourth-order valence-corrected chi connectivity index (χ4v) is 1.61. The van der Waals surface area contributed by atoms with Crippen LogP contribution in [0.25, 0.3) is 0 Å². The van der Waals surface area contributed by atoms with E-state index in [9.17, 15) is 8.78 Å². The highest BCUT2D eigenvalue weighted by atomic mass is 35.5. The summed E-state index contributed by atoms with van der Waals surface area (Å²) in [4.78, 5) is 0.